The molecule has 2 aliphatic rings. The van der Waals surface area contributed by atoms with Gasteiger partial charge in [0.2, 0.25) is 0 Å². The Bertz CT molecular complexity index is 315. The molecule has 1 N–H and O–H groups in total. The molecule has 0 amide bonds. The zero-order valence-corrected chi connectivity index (χ0v) is 10.8. The molecule has 1 fully saturated rings. The molecule has 2 atom stereocenters. The van der Waals surface area contributed by atoms with Crippen LogP contribution < -0.4 is 5.43 Å². The van der Waals surface area contributed by atoms with Crippen molar-refractivity contribution in [3.05, 3.63) is 11.3 Å². The van der Waals surface area contributed by atoms with Gasteiger partial charge in [-0.25, -0.2) is 0 Å². The number of hydrogen-bond donors (Lipinski definition) is 1. The van der Waals surface area contributed by atoms with Crippen molar-refractivity contribution in [3.8, 4) is 0 Å². The number of allylic oxidation sites excluding steroid dienone is 2. The number of hydrazone groups is 1. The highest BCUT2D eigenvalue weighted by Gasteiger charge is 2.26. The molecule has 1 heterocycles. The second-order valence-electron chi connectivity index (χ2n) is 5.35. The Balaban J connectivity index is 2.19. The molecule has 1 saturated carbocycles. The minimum atomic E-state index is 0.652. The largest absolute Gasteiger partial charge is 0.283 e. The van der Waals surface area contributed by atoms with Gasteiger partial charge in [0.1, 0.15) is 0 Å². The van der Waals surface area contributed by atoms with Gasteiger partial charge < -0.3 is 0 Å². The molecule has 16 heavy (non-hydrogen) atoms. The van der Waals surface area contributed by atoms with Crippen LogP contribution in [0.2, 0.25) is 0 Å². The fraction of sp³-hybridized carbons (Fsp3) is 0.786. The molecule has 2 unspecified atom stereocenters. The van der Waals surface area contributed by atoms with E-state index in [2.05, 4.69) is 31.3 Å². The minimum Gasteiger partial charge on any atom is -0.283 e. The lowest BCUT2D eigenvalue weighted by Crippen LogP contribution is -2.28. The van der Waals surface area contributed by atoms with Gasteiger partial charge in [-0.1, -0.05) is 26.7 Å². The van der Waals surface area contributed by atoms with Crippen molar-refractivity contribution in [2.45, 2.75) is 59.3 Å². The average Bonchev–Trinajstić information content (AvgIpc) is 2.25. The van der Waals surface area contributed by atoms with Crippen LogP contribution in [0.25, 0.3) is 0 Å². The zero-order valence-electron chi connectivity index (χ0n) is 10.8. The van der Waals surface area contributed by atoms with Gasteiger partial charge >= 0.3 is 0 Å². The first-order chi connectivity index (χ1) is 7.72. The van der Waals surface area contributed by atoms with Gasteiger partial charge in [0.15, 0.2) is 0 Å². The lowest BCUT2D eigenvalue weighted by atomic mass is 9.79. The molecule has 2 heteroatoms. The Kier molecular flexibility index (Phi) is 3.67. The summed E-state index contributed by atoms with van der Waals surface area (Å²) in [5.41, 5.74) is 7.54. The second-order valence-corrected chi connectivity index (χ2v) is 5.35. The zero-order chi connectivity index (χ0) is 11.5. The van der Waals surface area contributed by atoms with Gasteiger partial charge in [0, 0.05) is 17.3 Å². The smallest absolute Gasteiger partial charge is 0.0451 e. The molecule has 0 bridgehead atoms. The van der Waals surface area contributed by atoms with Crippen LogP contribution in [0.1, 0.15) is 59.3 Å². The van der Waals surface area contributed by atoms with Crippen LogP contribution >= 0.6 is 0 Å². The normalized spacial score (nSPS) is 31.1. The Morgan fingerprint density at radius 2 is 2.12 bits per heavy atom. The van der Waals surface area contributed by atoms with E-state index in [1.165, 1.54) is 43.5 Å². The van der Waals surface area contributed by atoms with E-state index in [0.29, 0.717) is 5.92 Å². The fourth-order valence-corrected chi connectivity index (χ4v) is 3.01. The molecule has 0 aromatic rings. The maximum atomic E-state index is 4.51. The molecule has 0 spiro atoms. The first kappa shape index (κ1) is 11.7. The minimum absolute atomic E-state index is 0.652. The Labute approximate surface area is 99.2 Å². The van der Waals surface area contributed by atoms with Crippen LogP contribution in [0.5, 0.6) is 0 Å². The Hall–Kier alpha value is -0.790. The molecule has 2 nitrogen and oxygen atoms in total. The monoisotopic (exact) mass is 220 g/mol. The van der Waals surface area contributed by atoms with E-state index in [4.69, 9.17) is 0 Å². The van der Waals surface area contributed by atoms with Crippen LogP contribution in [0.4, 0.5) is 0 Å². The summed E-state index contributed by atoms with van der Waals surface area (Å²) < 4.78 is 0. The van der Waals surface area contributed by atoms with Crippen LogP contribution in [-0.2, 0) is 0 Å². The van der Waals surface area contributed by atoms with Gasteiger partial charge in [-0.05, 0) is 44.1 Å². The van der Waals surface area contributed by atoms with Crippen molar-refractivity contribution in [3.63, 3.8) is 0 Å². The Morgan fingerprint density at radius 1 is 1.31 bits per heavy atom. The number of hydrogen-bond acceptors (Lipinski definition) is 2. The lowest BCUT2D eigenvalue weighted by molar-refractivity contribution is 0.414. The van der Waals surface area contributed by atoms with Gasteiger partial charge in [-0.2, -0.15) is 5.10 Å². The first-order valence-electron chi connectivity index (χ1n) is 6.74. The molecule has 1 aliphatic heterocycles. The van der Waals surface area contributed by atoms with Gasteiger partial charge in [0.05, 0.1) is 0 Å². The standard InChI is InChI=1S/C14H24N2/c1-4-14-13-7-5-6-10(2)8-9-12(13)11(3)15-16-14/h10,13,15H,4-9H2,1-3H3. The first-order valence-corrected chi connectivity index (χ1v) is 6.74. The molecular formula is C14H24N2. The number of nitrogens with zero attached hydrogens (tertiary/aromatic N) is 1. The van der Waals surface area contributed by atoms with E-state index in [1.807, 2.05) is 0 Å². The van der Waals surface area contributed by atoms with E-state index >= 15 is 0 Å². The SMILES string of the molecule is CCC1=NNC(C)=C2CCC(C)CCCC12. The fourth-order valence-electron chi connectivity index (χ4n) is 3.01. The summed E-state index contributed by atoms with van der Waals surface area (Å²) in [6.07, 6.45) is 7.77. The number of rotatable bonds is 1. The topological polar surface area (TPSA) is 24.4 Å². The molecule has 1 aliphatic carbocycles. The summed E-state index contributed by atoms with van der Waals surface area (Å²) in [6.45, 7) is 6.80. The summed E-state index contributed by atoms with van der Waals surface area (Å²) in [5.74, 6) is 1.55. The molecule has 0 aromatic heterocycles. The number of fused-ring (bicyclic) bond motifs is 1. The third-order valence-corrected chi connectivity index (χ3v) is 4.13. The van der Waals surface area contributed by atoms with Crippen LogP contribution in [0, 0.1) is 11.8 Å². The van der Waals surface area contributed by atoms with E-state index in [-0.39, 0.29) is 0 Å². The van der Waals surface area contributed by atoms with E-state index < -0.39 is 0 Å². The van der Waals surface area contributed by atoms with Crippen LogP contribution in [0.3, 0.4) is 0 Å². The van der Waals surface area contributed by atoms with Crippen LogP contribution in [-0.4, -0.2) is 5.71 Å². The molecule has 90 valence electrons. The summed E-state index contributed by atoms with van der Waals surface area (Å²) >= 11 is 0. The van der Waals surface area contributed by atoms with Gasteiger partial charge in [-0.15, -0.1) is 0 Å². The molecule has 2 rings (SSSR count). The summed E-state index contributed by atoms with van der Waals surface area (Å²) in [7, 11) is 0. The highest BCUT2D eigenvalue weighted by atomic mass is 15.3. The number of nitrogens with one attached hydrogen (secondary N) is 1. The molecule has 0 saturated heterocycles. The van der Waals surface area contributed by atoms with E-state index in [9.17, 15) is 0 Å². The maximum Gasteiger partial charge on any atom is 0.0451 e. The molecule has 0 aromatic carbocycles. The maximum absolute atomic E-state index is 4.51. The van der Waals surface area contributed by atoms with Crippen molar-refractivity contribution in [2.24, 2.45) is 16.9 Å². The highest BCUT2D eigenvalue weighted by molar-refractivity contribution is 5.89. The van der Waals surface area contributed by atoms with E-state index in [1.54, 1.807) is 5.57 Å². The molecule has 0 radical (unpaired) electrons. The van der Waals surface area contributed by atoms with Crippen LogP contribution in [0.15, 0.2) is 16.4 Å². The van der Waals surface area contributed by atoms with Crippen molar-refractivity contribution >= 4 is 5.71 Å². The van der Waals surface area contributed by atoms with Gasteiger partial charge in [0.25, 0.3) is 0 Å². The van der Waals surface area contributed by atoms with Crippen molar-refractivity contribution < 1.29 is 0 Å². The summed E-state index contributed by atoms with van der Waals surface area (Å²) in [4.78, 5) is 0. The molecular weight excluding hydrogens is 196 g/mol. The third-order valence-electron chi connectivity index (χ3n) is 4.13. The lowest BCUT2D eigenvalue weighted by Gasteiger charge is -2.31. The summed E-state index contributed by atoms with van der Waals surface area (Å²) in [6, 6.07) is 0. The Morgan fingerprint density at radius 3 is 2.88 bits per heavy atom. The summed E-state index contributed by atoms with van der Waals surface area (Å²) in [5, 5.41) is 4.51. The van der Waals surface area contributed by atoms with E-state index in [0.717, 1.165) is 12.3 Å². The second kappa shape index (κ2) is 5.03. The highest BCUT2D eigenvalue weighted by Crippen LogP contribution is 2.34. The van der Waals surface area contributed by atoms with Gasteiger partial charge in [-0.3, -0.25) is 5.43 Å². The average molecular weight is 220 g/mol. The third kappa shape index (κ3) is 2.31. The van der Waals surface area contributed by atoms with Crippen molar-refractivity contribution in [2.75, 3.05) is 0 Å². The van der Waals surface area contributed by atoms with Crippen molar-refractivity contribution in [1.82, 2.24) is 5.43 Å². The predicted octanol–water partition coefficient (Wildman–Crippen LogP) is 3.85. The van der Waals surface area contributed by atoms with Crippen molar-refractivity contribution in [1.29, 1.82) is 0 Å². The predicted molar refractivity (Wildman–Crippen MR) is 69.3 cm³/mol. The quantitative estimate of drug-likeness (QED) is 0.713.